The Labute approximate surface area is 97.1 Å². The first-order chi connectivity index (χ1) is 6.85. The minimum absolute atomic E-state index is 0.115. The van der Waals surface area contributed by atoms with Gasteiger partial charge in [-0.1, -0.05) is 6.92 Å². The summed E-state index contributed by atoms with van der Waals surface area (Å²) in [5, 5.41) is 0. The van der Waals surface area contributed by atoms with E-state index in [0.717, 1.165) is 11.5 Å². The van der Waals surface area contributed by atoms with Gasteiger partial charge in [0.05, 0.1) is 6.42 Å². The summed E-state index contributed by atoms with van der Waals surface area (Å²) in [5.74, 6) is 2.24. The van der Waals surface area contributed by atoms with Crippen LogP contribution in [0.5, 0.6) is 0 Å². The lowest BCUT2D eigenvalue weighted by molar-refractivity contribution is -0.154. The van der Waals surface area contributed by atoms with Crippen LogP contribution in [0.3, 0.4) is 0 Å². The van der Waals surface area contributed by atoms with Crippen LogP contribution in [0.2, 0.25) is 0 Å². The van der Waals surface area contributed by atoms with Crippen molar-refractivity contribution >= 4 is 17.7 Å². The predicted molar refractivity (Wildman–Crippen MR) is 66.0 cm³/mol. The normalized spacial score (nSPS) is 13.7. The summed E-state index contributed by atoms with van der Waals surface area (Å²) in [6.45, 7) is 8.47. The maximum Gasteiger partial charge on any atom is 0.307 e. The van der Waals surface area contributed by atoms with Crippen LogP contribution in [0.1, 0.15) is 34.1 Å². The molecule has 4 heteroatoms. The first kappa shape index (κ1) is 14.8. The van der Waals surface area contributed by atoms with Gasteiger partial charge in [0.15, 0.2) is 0 Å². The molecule has 3 nitrogen and oxygen atoms in total. The Hall–Kier alpha value is -0.220. The summed E-state index contributed by atoms with van der Waals surface area (Å²) in [7, 11) is 0. The van der Waals surface area contributed by atoms with Crippen molar-refractivity contribution in [3.8, 4) is 0 Å². The molecule has 1 unspecified atom stereocenters. The molecule has 0 spiro atoms. The van der Waals surface area contributed by atoms with Crippen molar-refractivity contribution in [2.24, 2.45) is 11.7 Å². The first-order valence-corrected chi connectivity index (χ1v) is 6.50. The molecule has 0 bridgehead atoms. The van der Waals surface area contributed by atoms with E-state index in [4.69, 9.17) is 10.5 Å². The van der Waals surface area contributed by atoms with Crippen molar-refractivity contribution in [1.29, 1.82) is 0 Å². The van der Waals surface area contributed by atoms with Gasteiger partial charge < -0.3 is 10.5 Å². The van der Waals surface area contributed by atoms with Gasteiger partial charge in [0.1, 0.15) is 5.60 Å². The minimum atomic E-state index is -0.369. The minimum Gasteiger partial charge on any atom is -0.460 e. The van der Waals surface area contributed by atoms with Crippen molar-refractivity contribution in [3.63, 3.8) is 0 Å². The van der Waals surface area contributed by atoms with Crippen LogP contribution in [0.4, 0.5) is 0 Å². The van der Waals surface area contributed by atoms with Crippen LogP contribution in [0, 0.1) is 5.92 Å². The fraction of sp³-hybridized carbons (Fsp3) is 0.909. The van der Waals surface area contributed by atoms with Crippen LogP contribution in [0.15, 0.2) is 0 Å². The van der Waals surface area contributed by atoms with Gasteiger partial charge in [-0.2, -0.15) is 11.8 Å². The van der Waals surface area contributed by atoms with E-state index in [1.54, 1.807) is 11.8 Å². The molecule has 0 saturated carbocycles. The van der Waals surface area contributed by atoms with Gasteiger partial charge in [-0.05, 0) is 39.0 Å². The third-order valence-corrected chi connectivity index (χ3v) is 2.97. The Morgan fingerprint density at radius 3 is 2.53 bits per heavy atom. The second-order valence-corrected chi connectivity index (χ2v) is 5.90. The van der Waals surface area contributed by atoms with Crippen molar-refractivity contribution in [2.75, 3.05) is 18.1 Å². The monoisotopic (exact) mass is 233 g/mol. The highest BCUT2D eigenvalue weighted by atomic mass is 32.2. The molecule has 15 heavy (non-hydrogen) atoms. The standard InChI is InChI=1S/C11H23NO2S/c1-9(7-12)8-15-6-5-10(13)14-11(2,3)4/h9H,5-8,12H2,1-4H3. The van der Waals surface area contributed by atoms with Gasteiger partial charge >= 0.3 is 5.97 Å². The van der Waals surface area contributed by atoms with E-state index in [0.29, 0.717) is 18.9 Å². The number of esters is 1. The van der Waals surface area contributed by atoms with Crippen molar-refractivity contribution in [3.05, 3.63) is 0 Å². The zero-order chi connectivity index (χ0) is 11.9. The number of rotatable bonds is 6. The molecule has 0 rings (SSSR count). The van der Waals surface area contributed by atoms with Gasteiger partial charge in [-0.25, -0.2) is 0 Å². The molecule has 0 radical (unpaired) electrons. The molecule has 0 aromatic rings. The van der Waals surface area contributed by atoms with Crippen molar-refractivity contribution in [2.45, 2.75) is 39.7 Å². The van der Waals surface area contributed by atoms with Crippen LogP contribution >= 0.6 is 11.8 Å². The van der Waals surface area contributed by atoms with E-state index < -0.39 is 0 Å². The lowest BCUT2D eigenvalue weighted by atomic mass is 10.2. The second-order valence-electron chi connectivity index (χ2n) is 4.75. The molecule has 0 heterocycles. The average Bonchev–Trinajstić information content (AvgIpc) is 2.09. The van der Waals surface area contributed by atoms with Gasteiger partial charge in [-0.15, -0.1) is 0 Å². The molecular formula is C11H23NO2S. The van der Waals surface area contributed by atoms with E-state index in [-0.39, 0.29) is 11.6 Å². The van der Waals surface area contributed by atoms with Gasteiger partial charge in [-0.3, -0.25) is 4.79 Å². The molecule has 90 valence electrons. The third-order valence-electron chi connectivity index (χ3n) is 1.68. The van der Waals surface area contributed by atoms with E-state index in [1.807, 2.05) is 20.8 Å². The van der Waals surface area contributed by atoms with Gasteiger partial charge in [0.25, 0.3) is 0 Å². The Balaban J connectivity index is 3.48. The molecule has 1 atom stereocenters. The van der Waals surface area contributed by atoms with Crippen LogP contribution in [-0.2, 0) is 9.53 Å². The summed E-state index contributed by atoms with van der Waals surface area (Å²) < 4.78 is 5.19. The van der Waals surface area contributed by atoms with Gasteiger partial charge in [0, 0.05) is 5.75 Å². The number of ether oxygens (including phenoxy) is 1. The molecule has 2 N–H and O–H groups in total. The van der Waals surface area contributed by atoms with E-state index in [1.165, 1.54) is 0 Å². The smallest absolute Gasteiger partial charge is 0.307 e. The van der Waals surface area contributed by atoms with Crippen LogP contribution in [0.25, 0.3) is 0 Å². The summed E-state index contributed by atoms with van der Waals surface area (Å²) in [6, 6.07) is 0. The second kappa shape index (κ2) is 7.12. The maximum atomic E-state index is 11.3. The van der Waals surface area contributed by atoms with Crippen molar-refractivity contribution < 1.29 is 9.53 Å². The molecule has 0 aliphatic rings. The van der Waals surface area contributed by atoms with Crippen LogP contribution < -0.4 is 5.73 Å². The highest BCUT2D eigenvalue weighted by Gasteiger charge is 2.15. The summed E-state index contributed by atoms with van der Waals surface area (Å²) >= 11 is 1.76. The van der Waals surface area contributed by atoms with E-state index >= 15 is 0 Å². The molecule has 0 aliphatic heterocycles. The largest absolute Gasteiger partial charge is 0.460 e. The summed E-state index contributed by atoms with van der Waals surface area (Å²) in [5.41, 5.74) is 5.12. The highest BCUT2D eigenvalue weighted by Crippen LogP contribution is 2.12. The molecule has 0 aliphatic carbocycles. The zero-order valence-electron chi connectivity index (χ0n) is 10.2. The number of carbonyl (C=O) groups is 1. The van der Waals surface area contributed by atoms with Gasteiger partial charge in [0.2, 0.25) is 0 Å². The molecule has 0 aromatic carbocycles. The van der Waals surface area contributed by atoms with E-state index in [9.17, 15) is 4.79 Å². The Morgan fingerprint density at radius 1 is 1.47 bits per heavy atom. The molecule has 0 amide bonds. The fourth-order valence-electron chi connectivity index (χ4n) is 0.901. The number of hydrogen-bond acceptors (Lipinski definition) is 4. The first-order valence-electron chi connectivity index (χ1n) is 5.35. The van der Waals surface area contributed by atoms with Crippen LogP contribution in [-0.4, -0.2) is 29.6 Å². The molecule has 0 fully saturated rings. The maximum absolute atomic E-state index is 11.3. The highest BCUT2D eigenvalue weighted by molar-refractivity contribution is 7.99. The lowest BCUT2D eigenvalue weighted by Gasteiger charge is -2.19. The Kier molecular flexibility index (Phi) is 7.02. The number of nitrogens with two attached hydrogens (primary N) is 1. The number of hydrogen-bond donors (Lipinski definition) is 1. The SMILES string of the molecule is CC(CN)CSCCC(=O)OC(C)(C)C. The summed E-state index contributed by atoms with van der Waals surface area (Å²) in [6.07, 6.45) is 0.485. The lowest BCUT2D eigenvalue weighted by Crippen LogP contribution is -2.24. The Bertz CT molecular complexity index is 190. The van der Waals surface area contributed by atoms with Crippen molar-refractivity contribution in [1.82, 2.24) is 0 Å². The molecular weight excluding hydrogens is 210 g/mol. The van der Waals surface area contributed by atoms with E-state index in [2.05, 4.69) is 6.92 Å². The zero-order valence-corrected chi connectivity index (χ0v) is 11.0. The topological polar surface area (TPSA) is 52.3 Å². The molecule has 0 aromatic heterocycles. The number of carbonyl (C=O) groups excluding carboxylic acids is 1. The summed E-state index contributed by atoms with van der Waals surface area (Å²) in [4.78, 5) is 11.3. The fourth-order valence-corrected chi connectivity index (χ4v) is 1.92. The predicted octanol–water partition coefficient (Wildman–Crippen LogP) is 2.05. The number of thioether (sulfide) groups is 1. The molecule has 0 saturated heterocycles. The Morgan fingerprint density at radius 2 is 2.07 bits per heavy atom. The average molecular weight is 233 g/mol. The third kappa shape index (κ3) is 10.1. The quantitative estimate of drug-likeness (QED) is 0.563.